The molecule has 1 unspecified atom stereocenters. The zero-order valence-electron chi connectivity index (χ0n) is 9.90. The Labute approximate surface area is 97.1 Å². The van der Waals surface area contributed by atoms with E-state index in [1.54, 1.807) is 4.90 Å². The third-order valence-electron chi connectivity index (χ3n) is 2.77. The second-order valence-corrected chi connectivity index (χ2v) is 6.50. The van der Waals surface area contributed by atoms with Crippen LogP contribution in [0.4, 0.5) is 0 Å². The number of piperidine rings is 1. The minimum atomic E-state index is -3.22. The van der Waals surface area contributed by atoms with Crippen LogP contribution in [0.2, 0.25) is 0 Å². The smallest absolute Gasteiger partial charge is 0.238 e. The van der Waals surface area contributed by atoms with E-state index < -0.39 is 9.84 Å². The molecule has 94 valence electrons. The van der Waals surface area contributed by atoms with Crippen molar-refractivity contribution in [1.29, 1.82) is 0 Å². The molecular formula is C10H20N2O3S. The molecule has 0 spiro atoms. The van der Waals surface area contributed by atoms with Crippen molar-refractivity contribution in [2.75, 3.05) is 32.1 Å². The van der Waals surface area contributed by atoms with Crippen molar-refractivity contribution >= 4 is 15.7 Å². The van der Waals surface area contributed by atoms with Crippen LogP contribution in [0.3, 0.4) is 0 Å². The van der Waals surface area contributed by atoms with Crippen LogP contribution in [0.25, 0.3) is 0 Å². The minimum absolute atomic E-state index is 0.146. The van der Waals surface area contributed by atoms with E-state index >= 15 is 0 Å². The summed E-state index contributed by atoms with van der Waals surface area (Å²) < 4.78 is 22.2. The van der Waals surface area contributed by atoms with Gasteiger partial charge in [-0.25, -0.2) is 8.42 Å². The number of hydrogen-bond acceptors (Lipinski definition) is 4. The summed E-state index contributed by atoms with van der Waals surface area (Å²) >= 11 is 0. The number of likely N-dealkylation sites (N-methyl/N-ethyl adjacent to an activating group) is 1. The van der Waals surface area contributed by atoms with Gasteiger partial charge >= 0.3 is 0 Å². The molecule has 0 aromatic heterocycles. The van der Waals surface area contributed by atoms with Crippen LogP contribution in [-0.2, 0) is 14.6 Å². The first-order chi connectivity index (χ1) is 7.44. The highest BCUT2D eigenvalue weighted by Crippen LogP contribution is 2.16. The fraction of sp³-hybridized carbons (Fsp3) is 0.900. The standard InChI is InChI=1S/C10H20N2O3S/c1-11-7-9-5-3-4-6-12(9)10(13)8-16(2,14)15/h9,11H,3-8H2,1-2H3. The molecule has 1 atom stereocenters. The van der Waals surface area contributed by atoms with E-state index in [0.717, 1.165) is 32.1 Å². The molecular weight excluding hydrogens is 228 g/mol. The number of nitrogens with zero attached hydrogens (tertiary/aromatic N) is 1. The minimum Gasteiger partial charge on any atom is -0.338 e. The summed E-state index contributed by atoms with van der Waals surface area (Å²) in [7, 11) is -1.38. The normalized spacial score (nSPS) is 22.1. The van der Waals surface area contributed by atoms with Crippen molar-refractivity contribution in [2.45, 2.75) is 25.3 Å². The van der Waals surface area contributed by atoms with Crippen LogP contribution in [0, 0.1) is 0 Å². The number of carbonyl (C=O) groups excluding carboxylic acids is 1. The van der Waals surface area contributed by atoms with Gasteiger partial charge < -0.3 is 10.2 Å². The molecule has 6 heteroatoms. The summed E-state index contributed by atoms with van der Waals surface area (Å²) in [6.45, 7) is 1.41. The maximum atomic E-state index is 11.8. The van der Waals surface area contributed by atoms with Crippen LogP contribution in [0.1, 0.15) is 19.3 Å². The van der Waals surface area contributed by atoms with Crippen LogP contribution in [0.5, 0.6) is 0 Å². The lowest BCUT2D eigenvalue weighted by molar-refractivity contribution is -0.131. The van der Waals surface area contributed by atoms with Gasteiger partial charge in [0.1, 0.15) is 5.75 Å². The summed E-state index contributed by atoms with van der Waals surface area (Å²) in [6, 6.07) is 0.146. The Kier molecular flexibility index (Phi) is 4.73. The highest BCUT2D eigenvalue weighted by molar-refractivity contribution is 7.91. The van der Waals surface area contributed by atoms with Gasteiger partial charge in [-0.3, -0.25) is 4.79 Å². The van der Waals surface area contributed by atoms with Gasteiger partial charge in [0.15, 0.2) is 9.84 Å². The Morgan fingerprint density at radius 1 is 1.44 bits per heavy atom. The monoisotopic (exact) mass is 248 g/mol. The Bertz CT molecular complexity index is 338. The second kappa shape index (κ2) is 5.63. The molecule has 0 bridgehead atoms. The average molecular weight is 248 g/mol. The molecule has 0 aromatic carbocycles. The Morgan fingerprint density at radius 2 is 2.12 bits per heavy atom. The summed E-state index contributed by atoms with van der Waals surface area (Å²) in [4.78, 5) is 13.5. The molecule has 0 aromatic rings. The van der Waals surface area contributed by atoms with Gasteiger partial charge in [-0.05, 0) is 26.3 Å². The zero-order chi connectivity index (χ0) is 12.2. The van der Waals surface area contributed by atoms with Gasteiger partial charge in [-0.2, -0.15) is 0 Å². The maximum absolute atomic E-state index is 11.8. The quantitative estimate of drug-likeness (QED) is 0.737. The predicted octanol–water partition coefficient (Wildman–Crippen LogP) is -0.368. The van der Waals surface area contributed by atoms with Gasteiger partial charge in [-0.1, -0.05) is 0 Å². The third-order valence-corrected chi connectivity index (χ3v) is 3.54. The van der Waals surface area contributed by atoms with Crippen molar-refractivity contribution < 1.29 is 13.2 Å². The lowest BCUT2D eigenvalue weighted by Gasteiger charge is -2.35. The third kappa shape index (κ3) is 4.09. The number of hydrogen-bond donors (Lipinski definition) is 1. The van der Waals surface area contributed by atoms with Crippen molar-refractivity contribution in [3.05, 3.63) is 0 Å². The largest absolute Gasteiger partial charge is 0.338 e. The number of nitrogens with one attached hydrogen (secondary N) is 1. The van der Waals surface area contributed by atoms with Gasteiger partial charge in [-0.15, -0.1) is 0 Å². The molecule has 1 N–H and O–H groups in total. The molecule has 1 fully saturated rings. The number of sulfone groups is 1. The molecule has 1 amide bonds. The molecule has 16 heavy (non-hydrogen) atoms. The van der Waals surface area contributed by atoms with Gasteiger partial charge in [0, 0.05) is 25.4 Å². The first-order valence-corrected chi connectivity index (χ1v) is 7.62. The number of likely N-dealkylation sites (tertiary alicyclic amines) is 1. The molecule has 0 radical (unpaired) electrons. The molecule has 1 heterocycles. The van der Waals surface area contributed by atoms with Crippen LogP contribution in [0.15, 0.2) is 0 Å². The summed E-state index contributed by atoms with van der Waals surface area (Å²) in [5.74, 6) is -0.629. The predicted molar refractivity (Wildman–Crippen MR) is 63.0 cm³/mol. The number of carbonyl (C=O) groups is 1. The SMILES string of the molecule is CNCC1CCCCN1C(=O)CS(C)(=O)=O. The molecule has 1 rings (SSSR count). The maximum Gasteiger partial charge on any atom is 0.238 e. The topological polar surface area (TPSA) is 66.5 Å². The van der Waals surface area contributed by atoms with E-state index in [4.69, 9.17) is 0 Å². The van der Waals surface area contributed by atoms with Gasteiger partial charge in [0.25, 0.3) is 0 Å². The van der Waals surface area contributed by atoms with Gasteiger partial charge in [0.2, 0.25) is 5.91 Å². The highest BCUT2D eigenvalue weighted by atomic mass is 32.2. The zero-order valence-corrected chi connectivity index (χ0v) is 10.7. The van der Waals surface area contributed by atoms with Crippen LogP contribution < -0.4 is 5.32 Å². The average Bonchev–Trinajstić information content (AvgIpc) is 2.16. The van der Waals surface area contributed by atoms with E-state index in [0.29, 0.717) is 6.54 Å². The molecule has 1 aliphatic heterocycles. The second-order valence-electron chi connectivity index (χ2n) is 4.36. The number of amides is 1. The number of rotatable bonds is 4. The van der Waals surface area contributed by atoms with E-state index in [9.17, 15) is 13.2 Å². The molecule has 0 saturated carbocycles. The molecule has 1 saturated heterocycles. The highest BCUT2D eigenvalue weighted by Gasteiger charge is 2.27. The fourth-order valence-electron chi connectivity index (χ4n) is 2.08. The lowest BCUT2D eigenvalue weighted by Crippen LogP contribution is -2.49. The fourth-order valence-corrected chi connectivity index (χ4v) is 2.70. The first-order valence-electron chi connectivity index (χ1n) is 5.56. The van der Waals surface area contributed by atoms with Crippen molar-refractivity contribution in [3.8, 4) is 0 Å². The van der Waals surface area contributed by atoms with Crippen molar-refractivity contribution in [3.63, 3.8) is 0 Å². The van der Waals surface area contributed by atoms with Crippen molar-refractivity contribution in [2.24, 2.45) is 0 Å². The van der Waals surface area contributed by atoms with Crippen LogP contribution >= 0.6 is 0 Å². The first kappa shape index (κ1) is 13.4. The Hall–Kier alpha value is -0.620. The van der Waals surface area contributed by atoms with E-state index in [2.05, 4.69) is 5.32 Å². The van der Waals surface area contributed by atoms with Crippen molar-refractivity contribution in [1.82, 2.24) is 10.2 Å². The molecule has 5 nitrogen and oxygen atoms in total. The van der Waals surface area contributed by atoms with Crippen LogP contribution in [-0.4, -0.2) is 57.4 Å². The lowest BCUT2D eigenvalue weighted by atomic mass is 10.0. The summed E-state index contributed by atoms with van der Waals surface area (Å²) in [5, 5.41) is 3.04. The molecule has 1 aliphatic rings. The Balaban J connectivity index is 2.64. The Morgan fingerprint density at radius 3 is 2.69 bits per heavy atom. The van der Waals surface area contributed by atoms with E-state index in [1.165, 1.54) is 0 Å². The molecule has 0 aliphatic carbocycles. The van der Waals surface area contributed by atoms with Gasteiger partial charge in [0.05, 0.1) is 0 Å². The summed E-state index contributed by atoms with van der Waals surface area (Å²) in [6.07, 6.45) is 4.13. The van der Waals surface area contributed by atoms with E-state index in [1.807, 2.05) is 7.05 Å². The van der Waals surface area contributed by atoms with E-state index in [-0.39, 0.29) is 17.7 Å². The summed E-state index contributed by atoms with van der Waals surface area (Å²) in [5.41, 5.74) is 0.